The topological polar surface area (TPSA) is 105 Å². The second kappa shape index (κ2) is 9.24. The highest BCUT2D eigenvalue weighted by molar-refractivity contribution is 5.69. The number of ether oxygens (including phenoxy) is 4. The summed E-state index contributed by atoms with van der Waals surface area (Å²) in [5.41, 5.74) is 0. The lowest BCUT2D eigenvalue weighted by molar-refractivity contribution is -0.201. The molecule has 0 aromatic rings. The summed E-state index contributed by atoms with van der Waals surface area (Å²) < 4.78 is 21.1. The average Bonchev–Trinajstić information content (AvgIpc) is 2.42. The van der Waals surface area contributed by atoms with Gasteiger partial charge in [0.15, 0.2) is 12.2 Å². The van der Waals surface area contributed by atoms with Crippen molar-refractivity contribution in [1.29, 1.82) is 0 Å². The highest BCUT2D eigenvalue weighted by Gasteiger charge is 2.43. The normalized spacial score (nSPS) is 27.2. The van der Waals surface area contributed by atoms with E-state index in [0.717, 1.165) is 0 Å². The van der Waals surface area contributed by atoms with Crippen molar-refractivity contribution in [2.45, 2.75) is 77.8 Å². The summed E-state index contributed by atoms with van der Waals surface area (Å²) in [6, 6.07) is 0. The van der Waals surface area contributed by atoms with E-state index in [4.69, 9.17) is 18.9 Å². The monoisotopic (exact) mass is 344 g/mol. The van der Waals surface area contributed by atoms with E-state index in [2.05, 4.69) is 0 Å². The molecule has 0 saturated heterocycles. The van der Waals surface area contributed by atoms with E-state index in [9.17, 15) is 19.2 Å². The van der Waals surface area contributed by atoms with Gasteiger partial charge < -0.3 is 18.9 Å². The summed E-state index contributed by atoms with van der Waals surface area (Å²) in [7, 11) is 0. The molecule has 0 radical (unpaired) electrons. The van der Waals surface area contributed by atoms with Crippen molar-refractivity contribution in [2.24, 2.45) is 0 Å². The van der Waals surface area contributed by atoms with Crippen LogP contribution in [0.3, 0.4) is 0 Å². The number of hydrogen-bond acceptors (Lipinski definition) is 8. The van der Waals surface area contributed by atoms with Gasteiger partial charge in [0.2, 0.25) is 0 Å². The molecule has 1 aliphatic rings. The van der Waals surface area contributed by atoms with E-state index in [-0.39, 0.29) is 0 Å². The zero-order valence-corrected chi connectivity index (χ0v) is 14.4. The van der Waals surface area contributed by atoms with Crippen LogP contribution in [0, 0.1) is 0 Å². The van der Waals surface area contributed by atoms with Gasteiger partial charge in [-0.05, 0) is 25.7 Å². The molecule has 0 unspecified atom stereocenters. The Kier molecular flexibility index (Phi) is 7.67. The lowest BCUT2D eigenvalue weighted by Crippen LogP contribution is -2.52. The van der Waals surface area contributed by atoms with Gasteiger partial charge in [-0.25, -0.2) is 0 Å². The quantitative estimate of drug-likeness (QED) is 0.555. The molecule has 8 nitrogen and oxygen atoms in total. The number of rotatable bonds is 4. The highest BCUT2D eigenvalue weighted by atomic mass is 16.6. The highest BCUT2D eigenvalue weighted by Crippen LogP contribution is 2.28. The molecule has 24 heavy (non-hydrogen) atoms. The minimum Gasteiger partial charge on any atom is -0.458 e. The Morgan fingerprint density at radius 1 is 0.583 bits per heavy atom. The molecule has 136 valence electrons. The van der Waals surface area contributed by atoms with Gasteiger partial charge in [-0.1, -0.05) is 0 Å². The van der Waals surface area contributed by atoms with Crippen molar-refractivity contribution >= 4 is 23.9 Å². The lowest BCUT2D eigenvalue weighted by atomic mass is 9.91. The Hall–Kier alpha value is -2.12. The van der Waals surface area contributed by atoms with Crippen molar-refractivity contribution < 1.29 is 38.1 Å². The van der Waals surface area contributed by atoms with Gasteiger partial charge in [-0.15, -0.1) is 0 Å². The third-order valence-electron chi connectivity index (χ3n) is 3.52. The van der Waals surface area contributed by atoms with Crippen LogP contribution >= 0.6 is 0 Å². The zero-order valence-electron chi connectivity index (χ0n) is 14.4. The Bertz CT molecular complexity index is 442. The molecule has 8 heteroatoms. The standard InChI is InChI=1S/C16H24O8/c1-9(17)21-13-7-5-6-8-14(22-10(2)18)16(24-12(4)20)15(13)23-11(3)19/h13-16H,5-8H2,1-4H3/t13-,14-,15+,16+/m1/s1. The summed E-state index contributed by atoms with van der Waals surface area (Å²) in [6.45, 7) is 4.90. The third kappa shape index (κ3) is 6.55. The molecule has 0 bridgehead atoms. The molecule has 0 amide bonds. The molecule has 0 spiro atoms. The first-order valence-corrected chi connectivity index (χ1v) is 7.89. The van der Waals surface area contributed by atoms with Crippen LogP contribution in [0.4, 0.5) is 0 Å². The van der Waals surface area contributed by atoms with Gasteiger partial charge in [0.25, 0.3) is 0 Å². The molecule has 4 atom stereocenters. The fraction of sp³-hybridized carbons (Fsp3) is 0.750. The number of esters is 4. The van der Waals surface area contributed by atoms with Crippen molar-refractivity contribution in [2.75, 3.05) is 0 Å². The molecule has 1 saturated carbocycles. The Morgan fingerprint density at radius 2 is 0.875 bits per heavy atom. The Labute approximate surface area is 140 Å². The maximum absolute atomic E-state index is 11.5. The Balaban J connectivity index is 3.19. The van der Waals surface area contributed by atoms with Crippen LogP contribution in [0.5, 0.6) is 0 Å². The van der Waals surface area contributed by atoms with E-state index < -0.39 is 48.3 Å². The smallest absolute Gasteiger partial charge is 0.303 e. The van der Waals surface area contributed by atoms with E-state index >= 15 is 0 Å². The van der Waals surface area contributed by atoms with Crippen LogP contribution in [0.15, 0.2) is 0 Å². The van der Waals surface area contributed by atoms with Crippen LogP contribution in [0.25, 0.3) is 0 Å². The molecule has 1 rings (SSSR count). The predicted octanol–water partition coefficient (Wildman–Crippen LogP) is 1.29. The summed E-state index contributed by atoms with van der Waals surface area (Å²) in [4.78, 5) is 45.7. The van der Waals surface area contributed by atoms with Gasteiger partial charge >= 0.3 is 23.9 Å². The SMILES string of the molecule is CC(=O)O[C@@H]1[C@@H](OC(C)=O)[C@H](OC(C)=O)CCCC[C@H]1OC(C)=O. The fourth-order valence-corrected chi connectivity index (χ4v) is 2.79. The molecule has 1 fully saturated rings. The minimum absolute atomic E-state index is 0.447. The average molecular weight is 344 g/mol. The van der Waals surface area contributed by atoms with Crippen molar-refractivity contribution in [3.8, 4) is 0 Å². The first kappa shape index (κ1) is 19.9. The van der Waals surface area contributed by atoms with Gasteiger partial charge in [-0.2, -0.15) is 0 Å². The third-order valence-corrected chi connectivity index (χ3v) is 3.52. The summed E-state index contributed by atoms with van der Waals surface area (Å²) in [6.07, 6.45) is -1.40. The number of carbonyl (C=O) groups is 4. The fourth-order valence-electron chi connectivity index (χ4n) is 2.79. The van der Waals surface area contributed by atoms with Crippen LogP contribution in [-0.2, 0) is 38.1 Å². The molecular weight excluding hydrogens is 320 g/mol. The van der Waals surface area contributed by atoms with Crippen molar-refractivity contribution in [3.05, 3.63) is 0 Å². The number of hydrogen-bond donors (Lipinski definition) is 0. The first-order chi connectivity index (χ1) is 11.2. The summed E-state index contributed by atoms with van der Waals surface area (Å²) in [5.74, 6) is -2.31. The second-order valence-electron chi connectivity index (χ2n) is 5.73. The molecule has 0 heterocycles. The van der Waals surface area contributed by atoms with E-state index in [1.54, 1.807) is 0 Å². The Morgan fingerprint density at radius 3 is 1.12 bits per heavy atom. The summed E-state index contributed by atoms with van der Waals surface area (Å²) >= 11 is 0. The van der Waals surface area contributed by atoms with Crippen LogP contribution in [-0.4, -0.2) is 48.3 Å². The van der Waals surface area contributed by atoms with Gasteiger partial charge in [0.1, 0.15) is 12.2 Å². The van der Waals surface area contributed by atoms with E-state index in [1.165, 1.54) is 27.7 Å². The second-order valence-corrected chi connectivity index (χ2v) is 5.73. The zero-order chi connectivity index (χ0) is 18.3. The van der Waals surface area contributed by atoms with Crippen LogP contribution in [0.2, 0.25) is 0 Å². The van der Waals surface area contributed by atoms with Crippen LogP contribution < -0.4 is 0 Å². The molecule has 1 aliphatic carbocycles. The van der Waals surface area contributed by atoms with E-state index in [1.807, 2.05) is 0 Å². The number of carbonyl (C=O) groups excluding carboxylic acids is 4. The van der Waals surface area contributed by atoms with Crippen LogP contribution in [0.1, 0.15) is 53.4 Å². The molecule has 0 aliphatic heterocycles. The van der Waals surface area contributed by atoms with Gasteiger partial charge in [0, 0.05) is 27.7 Å². The van der Waals surface area contributed by atoms with Gasteiger partial charge in [-0.3, -0.25) is 19.2 Å². The first-order valence-electron chi connectivity index (χ1n) is 7.89. The molecule has 0 aromatic carbocycles. The molecular formula is C16H24O8. The van der Waals surface area contributed by atoms with Gasteiger partial charge in [0.05, 0.1) is 0 Å². The molecule has 0 aromatic heterocycles. The largest absolute Gasteiger partial charge is 0.458 e. The maximum atomic E-state index is 11.5. The maximum Gasteiger partial charge on any atom is 0.303 e. The summed E-state index contributed by atoms with van der Waals surface area (Å²) in [5, 5.41) is 0. The predicted molar refractivity (Wildman–Crippen MR) is 80.7 cm³/mol. The lowest BCUT2D eigenvalue weighted by Gasteiger charge is -2.37. The van der Waals surface area contributed by atoms with Crippen molar-refractivity contribution in [3.63, 3.8) is 0 Å². The minimum atomic E-state index is -1.04. The molecule has 0 N–H and O–H groups in total. The van der Waals surface area contributed by atoms with Crippen molar-refractivity contribution in [1.82, 2.24) is 0 Å². The van der Waals surface area contributed by atoms with E-state index in [0.29, 0.717) is 25.7 Å².